The maximum atomic E-state index is 11.4. The zero-order valence-corrected chi connectivity index (χ0v) is 10.7. The average molecular weight is 216 g/mol. The van der Waals surface area contributed by atoms with Gasteiger partial charge in [-0.1, -0.05) is 0 Å². The number of hydrogen-bond donors (Lipinski definition) is 2. The van der Waals surface area contributed by atoms with E-state index in [1.807, 2.05) is 34.7 Å². The highest BCUT2D eigenvalue weighted by molar-refractivity contribution is 5.68. The second-order valence-electron chi connectivity index (χ2n) is 4.97. The van der Waals surface area contributed by atoms with Crippen LogP contribution in [0.5, 0.6) is 0 Å². The van der Waals surface area contributed by atoms with Gasteiger partial charge in [0, 0.05) is 12.1 Å². The molecule has 0 aliphatic heterocycles. The minimum absolute atomic E-state index is 0.113. The van der Waals surface area contributed by atoms with Crippen molar-refractivity contribution in [3.63, 3.8) is 0 Å². The van der Waals surface area contributed by atoms with E-state index >= 15 is 0 Å². The van der Waals surface area contributed by atoms with Crippen LogP contribution in [-0.4, -0.2) is 30.8 Å². The number of nitrogens with one attached hydrogen (secondary N) is 2. The van der Waals surface area contributed by atoms with Gasteiger partial charge < -0.3 is 15.4 Å². The van der Waals surface area contributed by atoms with E-state index in [9.17, 15) is 4.79 Å². The van der Waals surface area contributed by atoms with Crippen molar-refractivity contribution in [2.24, 2.45) is 0 Å². The van der Waals surface area contributed by atoms with Crippen LogP contribution in [0, 0.1) is 0 Å². The first-order valence-electron chi connectivity index (χ1n) is 5.41. The van der Waals surface area contributed by atoms with E-state index in [4.69, 9.17) is 4.74 Å². The molecule has 4 nitrogen and oxygen atoms in total. The lowest BCUT2D eigenvalue weighted by Gasteiger charge is -2.23. The molecule has 0 aliphatic rings. The number of hydrogen-bond acceptors (Lipinski definition) is 3. The van der Waals surface area contributed by atoms with Gasteiger partial charge >= 0.3 is 6.09 Å². The van der Waals surface area contributed by atoms with Gasteiger partial charge in [-0.05, 0) is 48.1 Å². The molecule has 15 heavy (non-hydrogen) atoms. The number of ether oxygens (including phenoxy) is 1. The first-order valence-corrected chi connectivity index (χ1v) is 5.41. The van der Waals surface area contributed by atoms with Crippen molar-refractivity contribution < 1.29 is 9.53 Å². The smallest absolute Gasteiger partial charge is 0.407 e. The van der Waals surface area contributed by atoms with Gasteiger partial charge in [0.05, 0.1) is 0 Å². The van der Waals surface area contributed by atoms with Gasteiger partial charge in [0.1, 0.15) is 5.60 Å². The van der Waals surface area contributed by atoms with Gasteiger partial charge in [-0.25, -0.2) is 4.79 Å². The van der Waals surface area contributed by atoms with E-state index < -0.39 is 5.60 Å². The summed E-state index contributed by atoms with van der Waals surface area (Å²) in [5.41, 5.74) is -0.432. The van der Waals surface area contributed by atoms with Gasteiger partial charge in [-0.2, -0.15) is 0 Å². The Labute approximate surface area is 92.8 Å². The maximum Gasteiger partial charge on any atom is 0.407 e. The van der Waals surface area contributed by atoms with Crippen LogP contribution in [0.3, 0.4) is 0 Å². The Kier molecular flexibility index (Phi) is 5.65. The third-order valence-corrected chi connectivity index (χ3v) is 1.96. The first kappa shape index (κ1) is 14.2. The lowest BCUT2D eigenvalue weighted by molar-refractivity contribution is 0.0504. The third-order valence-electron chi connectivity index (χ3n) is 1.96. The monoisotopic (exact) mass is 216 g/mol. The summed E-state index contributed by atoms with van der Waals surface area (Å²) in [5, 5.41) is 5.93. The molecule has 0 saturated carbocycles. The predicted octanol–water partition coefficient (Wildman–Crippen LogP) is 1.90. The molecule has 2 unspecified atom stereocenters. The summed E-state index contributed by atoms with van der Waals surface area (Å²) in [7, 11) is 1.91. The fraction of sp³-hybridized carbons (Fsp3) is 0.909. The number of alkyl carbamates (subject to hydrolysis) is 1. The highest BCUT2D eigenvalue weighted by Crippen LogP contribution is 2.07. The molecule has 0 spiro atoms. The van der Waals surface area contributed by atoms with Gasteiger partial charge in [0.2, 0.25) is 0 Å². The molecule has 0 aromatic heterocycles. The molecule has 0 aromatic carbocycles. The second kappa shape index (κ2) is 5.95. The van der Waals surface area contributed by atoms with E-state index in [-0.39, 0.29) is 12.1 Å². The normalized spacial score (nSPS) is 15.6. The maximum absolute atomic E-state index is 11.4. The molecule has 0 saturated heterocycles. The van der Waals surface area contributed by atoms with Crippen molar-refractivity contribution in [2.75, 3.05) is 7.05 Å². The molecular formula is C11H24N2O2. The van der Waals surface area contributed by atoms with E-state index in [0.717, 1.165) is 6.42 Å². The summed E-state index contributed by atoms with van der Waals surface area (Å²) in [6.07, 6.45) is 0.536. The number of carbonyl (C=O) groups is 1. The molecule has 0 fully saturated rings. The second-order valence-corrected chi connectivity index (χ2v) is 4.97. The Bertz CT molecular complexity index is 199. The summed E-state index contributed by atoms with van der Waals surface area (Å²) in [4.78, 5) is 11.4. The molecule has 0 heterocycles. The van der Waals surface area contributed by atoms with Crippen molar-refractivity contribution in [3.8, 4) is 0 Å². The number of amides is 1. The van der Waals surface area contributed by atoms with Crippen LogP contribution in [0.1, 0.15) is 41.0 Å². The van der Waals surface area contributed by atoms with Gasteiger partial charge in [0.25, 0.3) is 0 Å². The quantitative estimate of drug-likeness (QED) is 0.754. The van der Waals surface area contributed by atoms with Crippen LogP contribution >= 0.6 is 0 Å². The van der Waals surface area contributed by atoms with Gasteiger partial charge in [-0.3, -0.25) is 0 Å². The fourth-order valence-electron chi connectivity index (χ4n) is 1.22. The number of carbonyl (C=O) groups excluding carboxylic acids is 1. The van der Waals surface area contributed by atoms with E-state index in [2.05, 4.69) is 17.6 Å². The lowest BCUT2D eigenvalue weighted by atomic mass is 10.1. The van der Waals surface area contributed by atoms with Crippen molar-refractivity contribution in [1.82, 2.24) is 10.6 Å². The van der Waals surface area contributed by atoms with Crippen molar-refractivity contribution in [2.45, 2.75) is 58.7 Å². The summed E-state index contributed by atoms with van der Waals surface area (Å²) in [6.45, 7) is 9.61. The Balaban J connectivity index is 3.87. The molecule has 1 amide bonds. The standard InChI is InChI=1S/C11H24N2O2/c1-8(12-6)7-9(2)13-10(14)15-11(3,4)5/h8-9,12H,7H2,1-6H3,(H,13,14). The van der Waals surface area contributed by atoms with Crippen molar-refractivity contribution in [1.29, 1.82) is 0 Å². The Hall–Kier alpha value is -0.770. The van der Waals surface area contributed by atoms with Crippen LogP contribution in [0.15, 0.2) is 0 Å². The molecule has 0 bridgehead atoms. The van der Waals surface area contributed by atoms with Gasteiger partial charge in [-0.15, -0.1) is 0 Å². The predicted molar refractivity (Wildman–Crippen MR) is 62.0 cm³/mol. The van der Waals surface area contributed by atoms with Crippen LogP contribution in [0.2, 0.25) is 0 Å². The highest BCUT2D eigenvalue weighted by Gasteiger charge is 2.18. The molecule has 2 N–H and O–H groups in total. The first-order chi connectivity index (χ1) is 6.74. The highest BCUT2D eigenvalue weighted by atomic mass is 16.6. The minimum atomic E-state index is -0.432. The zero-order chi connectivity index (χ0) is 12.1. The van der Waals surface area contributed by atoms with Crippen molar-refractivity contribution in [3.05, 3.63) is 0 Å². The van der Waals surface area contributed by atoms with Crippen LogP contribution in [-0.2, 0) is 4.74 Å². The lowest BCUT2D eigenvalue weighted by Crippen LogP contribution is -2.40. The summed E-state index contributed by atoms with van der Waals surface area (Å²) in [5.74, 6) is 0. The molecule has 4 heteroatoms. The molecular weight excluding hydrogens is 192 g/mol. The molecule has 0 aliphatic carbocycles. The Morgan fingerprint density at radius 2 is 1.80 bits per heavy atom. The van der Waals surface area contributed by atoms with Crippen LogP contribution in [0.4, 0.5) is 4.79 Å². The largest absolute Gasteiger partial charge is 0.444 e. The van der Waals surface area contributed by atoms with E-state index in [1.54, 1.807) is 0 Å². The van der Waals surface area contributed by atoms with Crippen molar-refractivity contribution >= 4 is 6.09 Å². The molecule has 2 atom stereocenters. The van der Waals surface area contributed by atoms with Crippen LogP contribution in [0.25, 0.3) is 0 Å². The number of rotatable bonds is 4. The minimum Gasteiger partial charge on any atom is -0.444 e. The molecule has 90 valence electrons. The van der Waals surface area contributed by atoms with Crippen LogP contribution < -0.4 is 10.6 Å². The summed E-state index contributed by atoms with van der Waals surface area (Å²) >= 11 is 0. The Morgan fingerprint density at radius 3 is 2.20 bits per heavy atom. The topological polar surface area (TPSA) is 50.4 Å². The van der Waals surface area contributed by atoms with E-state index in [0.29, 0.717) is 6.04 Å². The Morgan fingerprint density at radius 1 is 1.27 bits per heavy atom. The summed E-state index contributed by atoms with van der Waals surface area (Å²) < 4.78 is 5.15. The molecule has 0 radical (unpaired) electrons. The molecule has 0 aromatic rings. The third kappa shape index (κ3) is 8.24. The average Bonchev–Trinajstić information content (AvgIpc) is 1.99. The SMILES string of the molecule is CNC(C)CC(C)NC(=O)OC(C)(C)C. The zero-order valence-electron chi connectivity index (χ0n) is 10.7. The fourth-order valence-corrected chi connectivity index (χ4v) is 1.22. The van der Waals surface area contributed by atoms with Gasteiger partial charge in [0.15, 0.2) is 0 Å². The van der Waals surface area contributed by atoms with E-state index in [1.165, 1.54) is 0 Å². The molecule has 0 rings (SSSR count). The summed E-state index contributed by atoms with van der Waals surface area (Å²) in [6, 6.07) is 0.497.